The van der Waals surface area contributed by atoms with Crippen molar-refractivity contribution in [3.05, 3.63) is 29.8 Å². The Kier molecular flexibility index (Phi) is 6.18. The van der Waals surface area contributed by atoms with Crippen molar-refractivity contribution in [1.82, 2.24) is 9.21 Å². The van der Waals surface area contributed by atoms with Gasteiger partial charge in [-0.05, 0) is 38.3 Å². The van der Waals surface area contributed by atoms with Gasteiger partial charge in [0.15, 0.2) is 6.61 Å². The summed E-state index contributed by atoms with van der Waals surface area (Å²) in [6.07, 6.45) is 1.81. The minimum Gasteiger partial charge on any atom is -0.454 e. The molecule has 1 amide bonds. The maximum absolute atomic E-state index is 12.9. The second kappa shape index (κ2) is 7.97. The number of carbonyl (C=O) groups is 2. The van der Waals surface area contributed by atoms with E-state index in [2.05, 4.69) is 0 Å². The second-order valence-electron chi connectivity index (χ2n) is 6.34. The monoisotopic (exact) mass is 368 g/mol. The van der Waals surface area contributed by atoms with Gasteiger partial charge in [0, 0.05) is 20.6 Å². The van der Waals surface area contributed by atoms with Crippen LogP contribution in [0.4, 0.5) is 0 Å². The van der Waals surface area contributed by atoms with E-state index in [0.29, 0.717) is 12.8 Å². The fourth-order valence-electron chi connectivity index (χ4n) is 2.63. The number of sulfonamides is 1. The third-order valence-corrected chi connectivity index (χ3v) is 6.11. The van der Waals surface area contributed by atoms with Crippen LogP contribution in [0.2, 0.25) is 0 Å². The van der Waals surface area contributed by atoms with Gasteiger partial charge in [-0.2, -0.15) is 4.31 Å². The predicted octanol–water partition coefficient (Wildman–Crippen LogP) is 1.17. The number of benzene rings is 1. The lowest BCUT2D eigenvalue weighted by Gasteiger charge is -2.33. The Morgan fingerprint density at radius 1 is 1.20 bits per heavy atom. The Balaban J connectivity index is 2.18. The van der Waals surface area contributed by atoms with Crippen LogP contribution in [0.5, 0.6) is 0 Å². The van der Waals surface area contributed by atoms with E-state index in [1.54, 1.807) is 26.2 Å². The van der Waals surface area contributed by atoms with Crippen LogP contribution < -0.4 is 0 Å². The highest BCUT2D eigenvalue weighted by Crippen LogP contribution is 2.26. The van der Waals surface area contributed by atoms with Crippen LogP contribution in [0.25, 0.3) is 0 Å². The average Bonchev–Trinajstić information content (AvgIpc) is 2.59. The fourth-order valence-corrected chi connectivity index (χ4v) is 4.28. The lowest BCUT2D eigenvalue weighted by Crippen LogP contribution is -2.49. The number of nitrogens with zero attached hydrogens (tertiary/aromatic N) is 2. The van der Waals surface area contributed by atoms with Crippen molar-refractivity contribution in [3.63, 3.8) is 0 Å². The Morgan fingerprint density at radius 2 is 1.84 bits per heavy atom. The lowest BCUT2D eigenvalue weighted by molar-refractivity contribution is -0.155. The smallest absolute Gasteiger partial charge is 0.324 e. The minimum absolute atomic E-state index is 0.155. The van der Waals surface area contributed by atoms with E-state index in [0.717, 1.165) is 12.0 Å². The van der Waals surface area contributed by atoms with Gasteiger partial charge < -0.3 is 9.64 Å². The molecule has 0 spiro atoms. The molecule has 8 heteroatoms. The highest BCUT2D eigenvalue weighted by atomic mass is 32.2. The number of hydrogen-bond acceptors (Lipinski definition) is 5. The summed E-state index contributed by atoms with van der Waals surface area (Å²) >= 11 is 0. The van der Waals surface area contributed by atoms with Gasteiger partial charge in [0.25, 0.3) is 5.91 Å². The molecule has 0 saturated carbocycles. The number of piperidine rings is 1. The van der Waals surface area contributed by atoms with E-state index in [4.69, 9.17) is 4.74 Å². The lowest BCUT2D eigenvalue weighted by atomic mass is 10.1. The van der Waals surface area contributed by atoms with Crippen molar-refractivity contribution < 1.29 is 22.7 Å². The number of esters is 1. The van der Waals surface area contributed by atoms with Gasteiger partial charge in [-0.3, -0.25) is 9.59 Å². The summed E-state index contributed by atoms with van der Waals surface area (Å²) in [5.41, 5.74) is 0.954. The molecule has 138 valence electrons. The highest BCUT2D eigenvalue weighted by Gasteiger charge is 2.38. The second-order valence-corrected chi connectivity index (χ2v) is 8.23. The van der Waals surface area contributed by atoms with Gasteiger partial charge in [0.1, 0.15) is 6.04 Å². The molecule has 1 aromatic rings. The molecule has 0 radical (unpaired) electrons. The zero-order valence-electron chi connectivity index (χ0n) is 14.8. The molecule has 0 aliphatic carbocycles. The normalized spacial score (nSPS) is 18.6. The van der Waals surface area contributed by atoms with Crippen molar-refractivity contribution >= 4 is 21.9 Å². The maximum atomic E-state index is 12.9. The molecule has 1 aromatic carbocycles. The molecule has 1 saturated heterocycles. The number of ether oxygens (including phenoxy) is 1. The molecular weight excluding hydrogens is 344 g/mol. The molecule has 1 atom stereocenters. The Hall–Kier alpha value is -1.93. The largest absolute Gasteiger partial charge is 0.454 e. The molecule has 2 rings (SSSR count). The first-order valence-corrected chi connectivity index (χ1v) is 9.63. The molecule has 1 fully saturated rings. The van der Waals surface area contributed by atoms with Crippen LogP contribution >= 0.6 is 0 Å². The standard InChI is InChI=1S/C17H24N2O5S/c1-13-7-9-14(10-8-13)25(22,23)19-11-5-4-6-15(19)17(21)24-12-16(20)18(2)3/h7-10,15H,4-6,11-12H2,1-3H3. The van der Waals surface area contributed by atoms with Gasteiger partial charge >= 0.3 is 5.97 Å². The van der Waals surface area contributed by atoms with E-state index in [9.17, 15) is 18.0 Å². The molecule has 1 heterocycles. The molecule has 25 heavy (non-hydrogen) atoms. The third kappa shape index (κ3) is 4.58. The zero-order chi connectivity index (χ0) is 18.6. The van der Waals surface area contributed by atoms with E-state index < -0.39 is 22.0 Å². The summed E-state index contributed by atoms with van der Waals surface area (Å²) in [5, 5.41) is 0. The summed E-state index contributed by atoms with van der Waals surface area (Å²) in [7, 11) is -0.670. The number of aryl methyl sites for hydroxylation is 1. The SMILES string of the molecule is Cc1ccc(S(=O)(=O)N2CCCCC2C(=O)OCC(=O)N(C)C)cc1. The van der Waals surface area contributed by atoms with Crippen molar-refractivity contribution in [2.24, 2.45) is 0 Å². The van der Waals surface area contributed by atoms with Crippen molar-refractivity contribution in [3.8, 4) is 0 Å². The molecule has 0 bridgehead atoms. The Labute approximate surface area is 148 Å². The van der Waals surface area contributed by atoms with Crippen LogP contribution in [-0.4, -0.2) is 62.8 Å². The number of amides is 1. The van der Waals surface area contributed by atoms with Gasteiger partial charge in [0.05, 0.1) is 4.90 Å². The first-order valence-electron chi connectivity index (χ1n) is 8.19. The summed E-state index contributed by atoms with van der Waals surface area (Å²) in [6.45, 7) is 1.75. The average molecular weight is 368 g/mol. The summed E-state index contributed by atoms with van der Waals surface area (Å²) < 4.78 is 32.1. The third-order valence-electron chi connectivity index (χ3n) is 4.19. The van der Waals surface area contributed by atoms with Crippen molar-refractivity contribution in [1.29, 1.82) is 0 Å². The Bertz CT molecular complexity index is 728. The molecule has 0 aromatic heterocycles. The first-order chi connectivity index (χ1) is 11.7. The number of hydrogen-bond donors (Lipinski definition) is 0. The number of likely N-dealkylation sites (N-methyl/N-ethyl adjacent to an activating group) is 1. The van der Waals surface area contributed by atoms with Gasteiger partial charge in [-0.1, -0.05) is 17.7 Å². The highest BCUT2D eigenvalue weighted by molar-refractivity contribution is 7.89. The van der Waals surface area contributed by atoms with E-state index in [-0.39, 0.29) is 24.0 Å². The number of carbonyl (C=O) groups excluding carboxylic acids is 2. The van der Waals surface area contributed by atoms with Crippen LogP contribution in [0.15, 0.2) is 29.2 Å². The first kappa shape index (κ1) is 19.4. The van der Waals surface area contributed by atoms with E-state index >= 15 is 0 Å². The number of rotatable bonds is 5. The van der Waals surface area contributed by atoms with Crippen LogP contribution in [0, 0.1) is 6.92 Å². The predicted molar refractivity (Wildman–Crippen MR) is 92.4 cm³/mol. The molecule has 1 unspecified atom stereocenters. The molecular formula is C17H24N2O5S. The molecule has 1 aliphatic heterocycles. The molecule has 1 aliphatic rings. The summed E-state index contributed by atoms with van der Waals surface area (Å²) in [4.78, 5) is 25.4. The van der Waals surface area contributed by atoms with Gasteiger partial charge in [-0.15, -0.1) is 0 Å². The van der Waals surface area contributed by atoms with Crippen LogP contribution in [0.3, 0.4) is 0 Å². The maximum Gasteiger partial charge on any atom is 0.324 e. The molecule has 0 N–H and O–H groups in total. The zero-order valence-corrected chi connectivity index (χ0v) is 15.6. The van der Waals surface area contributed by atoms with Gasteiger partial charge in [0.2, 0.25) is 10.0 Å². The van der Waals surface area contributed by atoms with Crippen molar-refractivity contribution in [2.75, 3.05) is 27.2 Å². The fraction of sp³-hybridized carbons (Fsp3) is 0.529. The van der Waals surface area contributed by atoms with Gasteiger partial charge in [-0.25, -0.2) is 8.42 Å². The minimum atomic E-state index is -3.79. The van der Waals surface area contributed by atoms with Crippen LogP contribution in [-0.2, 0) is 24.3 Å². The van der Waals surface area contributed by atoms with E-state index in [1.807, 2.05) is 6.92 Å². The van der Waals surface area contributed by atoms with Crippen LogP contribution in [0.1, 0.15) is 24.8 Å². The topological polar surface area (TPSA) is 84.0 Å². The van der Waals surface area contributed by atoms with E-state index in [1.165, 1.54) is 21.3 Å². The quantitative estimate of drug-likeness (QED) is 0.729. The summed E-state index contributed by atoms with van der Waals surface area (Å²) in [6, 6.07) is 5.63. The van der Waals surface area contributed by atoms with Crippen molar-refractivity contribution in [2.45, 2.75) is 37.1 Å². The Morgan fingerprint density at radius 3 is 2.44 bits per heavy atom. The molecule has 7 nitrogen and oxygen atoms in total. The summed E-state index contributed by atoms with van der Waals surface area (Å²) in [5.74, 6) is -1.03.